The van der Waals surface area contributed by atoms with Crippen LogP contribution < -0.4 is 5.73 Å². The smallest absolute Gasteiger partial charge is 0.239 e. The lowest BCUT2D eigenvalue weighted by atomic mass is 10.2. The molecule has 0 aromatic heterocycles. The van der Waals surface area contributed by atoms with E-state index in [4.69, 9.17) is 5.73 Å². The third-order valence-electron chi connectivity index (χ3n) is 2.31. The first-order valence-corrected chi connectivity index (χ1v) is 4.76. The van der Waals surface area contributed by atoms with Gasteiger partial charge in [0.05, 0.1) is 6.04 Å². The van der Waals surface area contributed by atoms with Gasteiger partial charge < -0.3 is 10.6 Å². The number of nitrogens with two attached hydrogens (primary N) is 1. The summed E-state index contributed by atoms with van der Waals surface area (Å²) in [5, 5.41) is 0. The van der Waals surface area contributed by atoms with Gasteiger partial charge in [0.15, 0.2) is 0 Å². The fourth-order valence-electron chi connectivity index (χ4n) is 1.58. The van der Waals surface area contributed by atoms with E-state index in [1.807, 2.05) is 4.90 Å². The Bertz CT molecular complexity index is 149. The Labute approximate surface area is 73.9 Å². The molecule has 0 radical (unpaired) electrons. The summed E-state index contributed by atoms with van der Waals surface area (Å²) in [6.45, 7) is 3.56. The molecule has 0 unspecified atom stereocenters. The minimum absolute atomic E-state index is 0.108. The van der Waals surface area contributed by atoms with Crippen molar-refractivity contribution < 1.29 is 4.79 Å². The Kier molecular flexibility index (Phi) is 3.53. The Morgan fingerprint density at radius 3 is 2.17 bits per heavy atom. The van der Waals surface area contributed by atoms with Crippen molar-refractivity contribution in [3.63, 3.8) is 0 Å². The summed E-state index contributed by atoms with van der Waals surface area (Å²) in [6.07, 6.45) is 4.78. The van der Waals surface area contributed by atoms with Gasteiger partial charge >= 0.3 is 0 Å². The third kappa shape index (κ3) is 2.48. The largest absolute Gasteiger partial charge is 0.341 e. The number of hydrogen-bond donors (Lipinski definition) is 1. The summed E-state index contributed by atoms with van der Waals surface area (Å²) in [5.74, 6) is 0.108. The van der Waals surface area contributed by atoms with Crippen molar-refractivity contribution >= 4 is 5.91 Å². The molecule has 3 heteroatoms. The molecule has 1 atom stereocenters. The Hall–Kier alpha value is -0.570. The lowest BCUT2D eigenvalue weighted by Gasteiger charge is -2.21. The quantitative estimate of drug-likeness (QED) is 0.630. The van der Waals surface area contributed by atoms with Gasteiger partial charge in [0.25, 0.3) is 0 Å². The normalized spacial score (nSPS) is 21.7. The van der Waals surface area contributed by atoms with Crippen LogP contribution in [-0.2, 0) is 4.79 Å². The number of likely N-dealkylation sites (tertiary alicyclic amines) is 1. The molecule has 1 aliphatic heterocycles. The molecule has 2 N–H and O–H groups in total. The van der Waals surface area contributed by atoms with Crippen molar-refractivity contribution in [1.82, 2.24) is 4.90 Å². The predicted octanol–water partition coefficient (Wildman–Crippen LogP) is 0.736. The van der Waals surface area contributed by atoms with Crippen LogP contribution in [0.25, 0.3) is 0 Å². The van der Waals surface area contributed by atoms with Crippen LogP contribution in [0.1, 0.15) is 32.6 Å². The lowest BCUT2D eigenvalue weighted by molar-refractivity contribution is -0.132. The molecule has 1 amide bonds. The summed E-state index contributed by atoms with van der Waals surface area (Å²) in [7, 11) is 0. The summed E-state index contributed by atoms with van der Waals surface area (Å²) in [4.78, 5) is 13.4. The first-order chi connectivity index (χ1) is 5.72. The average Bonchev–Trinajstić information content (AvgIpc) is 2.30. The van der Waals surface area contributed by atoms with Crippen molar-refractivity contribution in [2.75, 3.05) is 13.1 Å². The molecule has 0 bridgehead atoms. The van der Waals surface area contributed by atoms with Crippen LogP contribution >= 0.6 is 0 Å². The molecule has 1 heterocycles. The number of hydrogen-bond acceptors (Lipinski definition) is 2. The molecule has 1 fully saturated rings. The van der Waals surface area contributed by atoms with Crippen LogP contribution in [-0.4, -0.2) is 29.9 Å². The summed E-state index contributed by atoms with van der Waals surface area (Å²) in [5.41, 5.74) is 5.53. The van der Waals surface area contributed by atoms with E-state index < -0.39 is 0 Å². The third-order valence-corrected chi connectivity index (χ3v) is 2.31. The maximum Gasteiger partial charge on any atom is 0.239 e. The Morgan fingerprint density at radius 2 is 1.75 bits per heavy atom. The van der Waals surface area contributed by atoms with Crippen LogP contribution in [0.3, 0.4) is 0 Å². The van der Waals surface area contributed by atoms with Crippen molar-refractivity contribution in [2.24, 2.45) is 5.73 Å². The molecule has 70 valence electrons. The van der Waals surface area contributed by atoms with Crippen LogP contribution in [0.15, 0.2) is 0 Å². The van der Waals surface area contributed by atoms with E-state index in [1.54, 1.807) is 6.92 Å². The molecule has 1 aliphatic rings. The van der Waals surface area contributed by atoms with Gasteiger partial charge in [0.2, 0.25) is 5.91 Å². The molecule has 1 saturated heterocycles. The molecule has 0 spiro atoms. The summed E-state index contributed by atoms with van der Waals surface area (Å²) < 4.78 is 0. The minimum atomic E-state index is -0.330. The second kappa shape index (κ2) is 4.45. The highest BCUT2D eigenvalue weighted by Crippen LogP contribution is 2.10. The van der Waals surface area contributed by atoms with E-state index in [0.29, 0.717) is 0 Å². The van der Waals surface area contributed by atoms with Crippen LogP contribution in [0, 0.1) is 0 Å². The van der Waals surface area contributed by atoms with Gasteiger partial charge in [-0.25, -0.2) is 0 Å². The van der Waals surface area contributed by atoms with E-state index in [1.165, 1.54) is 12.8 Å². The topological polar surface area (TPSA) is 46.3 Å². The molecule has 0 aromatic carbocycles. The Balaban J connectivity index is 2.43. The van der Waals surface area contributed by atoms with E-state index >= 15 is 0 Å². The molecule has 0 saturated carbocycles. The van der Waals surface area contributed by atoms with Crippen LogP contribution in [0.2, 0.25) is 0 Å². The van der Waals surface area contributed by atoms with Crippen molar-refractivity contribution in [1.29, 1.82) is 0 Å². The van der Waals surface area contributed by atoms with Gasteiger partial charge in [-0.3, -0.25) is 4.79 Å². The van der Waals surface area contributed by atoms with Crippen molar-refractivity contribution in [2.45, 2.75) is 38.6 Å². The number of carbonyl (C=O) groups excluding carboxylic acids is 1. The molecule has 3 nitrogen and oxygen atoms in total. The maximum absolute atomic E-state index is 11.5. The standard InChI is InChI=1S/C9H18N2O/c1-8(10)9(12)11-6-4-2-3-5-7-11/h8H,2-7,10H2,1H3/t8-/m0/s1. The lowest BCUT2D eigenvalue weighted by Crippen LogP contribution is -2.42. The first-order valence-electron chi connectivity index (χ1n) is 4.76. The highest BCUT2D eigenvalue weighted by atomic mass is 16.2. The zero-order valence-corrected chi connectivity index (χ0v) is 7.75. The van der Waals surface area contributed by atoms with Gasteiger partial charge in [-0.1, -0.05) is 12.8 Å². The fourth-order valence-corrected chi connectivity index (χ4v) is 1.58. The molecular weight excluding hydrogens is 152 g/mol. The molecule has 0 aromatic rings. The number of carbonyl (C=O) groups is 1. The molecule has 12 heavy (non-hydrogen) atoms. The van der Waals surface area contributed by atoms with E-state index in [2.05, 4.69) is 0 Å². The maximum atomic E-state index is 11.5. The minimum Gasteiger partial charge on any atom is -0.341 e. The fraction of sp³-hybridized carbons (Fsp3) is 0.889. The highest BCUT2D eigenvalue weighted by molar-refractivity contribution is 5.81. The number of amides is 1. The molecular formula is C9H18N2O. The van der Waals surface area contributed by atoms with Crippen molar-refractivity contribution in [3.05, 3.63) is 0 Å². The average molecular weight is 170 g/mol. The van der Waals surface area contributed by atoms with Gasteiger partial charge in [-0.05, 0) is 19.8 Å². The van der Waals surface area contributed by atoms with Gasteiger partial charge in [-0.15, -0.1) is 0 Å². The Morgan fingerprint density at radius 1 is 1.25 bits per heavy atom. The van der Waals surface area contributed by atoms with Crippen LogP contribution in [0.4, 0.5) is 0 Å². The number of rotatable bonds is 1. The molecule has 1 rings (SSSR count). The van der Waals surface area contributed by atoms with Gasteiger partial charge in [0.1, 0.15) is 0 Å². The zero-order valence-electron chi connectivity index (χ0n) is 7.75. The number of nitrogens with zero attached hydrogens (tertiary/aromatic N) is 1. The first kappa shape index (κ1) is 9.52. The predicted molar refractivity (Wildman–Crippen MR) is 48.7 cm³/mol. The molecule has 0 aliphatic carbocycles. The van der Waals surface area contributed by atoms with Crippen molar-refractivity contribution in [3.8, 4) is 0 Å². The van der Waals surface area contributed by atoms with E-state index in [-0.39, 0.29) is 11.9 Å². The van der Waals surface area contributed by atoms with Gasteiger partial charge in [0, 0.05) is 13.1 Å². The second-order valence-corrected chi connectivity index (χ2v) is 3.53. The van der Waals surface area contributed by atoms with Gasteiger partial charge in [-0.2, -0.15) is 0 Å². The summed E-state index contributed by atoms with van der Waals surface area (Å²) in [6, 6.07) is -0.330. The summed E-state index contributed by atoms with van der Waals surface area (Å²) >= 11 is 0. The van der Waals surface area contributed by atoms with E-state index in [0.717, 1.165) is 25.9 Å². The second-order valence-electron chi connectivity index (χ2n) is 3.53. The monoisotopic (exact) mass is 170 g/mol. The SMILES string of the molecule is C[C@H](N)C(=O)N1CCCCCC1. The zero-order chi connectivity index (χ0) is 8.97. The van der Waals surface area contributed by atoms with Crippen LogP contribution in [0.5, 0.6) is 0 Å². The van der Waals surface area contributed by atoms with E-state index in [9.17, 15) is 4.79 Å². The highest BCUT2D eigenvalue weighted by Gasteiger charge is 2.17.